The maximum Gasteiger partial charge on any atom is 0.134 e. The summed E-state index contributed by atoms with van der Waals surface area (Å²) in [6, 6.07) is 7.03. The summed E-state index contributed by atoms with van der Waals surface area (Å²) in [6.45, 7) is 3.17. The first-order chi connectivity index (χ1) is 10.3. The van der Waals surface area contributed by atoms with Gasteiger partial charge in [-0.1, -0.05) is 26.2 Å². The molecule has 3 rings (SSSR count). The summed E-state index contributed by atoms with van der Waals surface area (Å²) in [6.07, 6.45) is 7.59. The quantitative estimate of drug-likeness (QED) is 0.819. The summed E-state index contributed by atoms with van der Waals surface area (Å²) in [5.41, 5.74) is 0.783. The van der Waals surface area contributed by atoms with E-state index >= 15 is 0 Å². The monoisotopic (exact) mass is 289 g/mol. The second kappa shape index (κ2) is 6.61. The molecule has 1 atom stereocenters. The Kier molecular flexibility index (Phi) is 4.59. The van der Waals surface area contributed by atoms with Crippen LogP contribution in [0.15, 0.2) is 28.7 Å². The highest BCUT2D eigenvalue weighted by atomic mass is 19.1. The third kappa shape index (κ3) is 3.29. The molecule has 0 radical (unpaired) electrons. The van der Waals surface area contributed by atoms with Gasteiger partial charge in [0.15, 0.2) is 0 Å². The smallest absolute Gasteiger partial charge is 0.134 e. The van der Waals surface area contributed by atoms with E-state index in [9.17, 15) is 4.39 Å². The number of hydrogen-bond acceptors (Lipinski definition) is 2. The first-order valence-electron chi connectivity index (χ1n) is 8.20. The molecule has 0 saturated heterocycles. The lowest BCUT2D eigenvalue weighted by molar-refractivity contribution is 0.247. The molecular formula is C18H24FNO. The molecule has 0 amide bonds. The predicted octanol–water partition coefficient (Wildman–Crippen LogP) is 5.19. The minimum Gasteiger partial charge on any atom is -0.459 e. The van der Waals surface area contributed by atoms with Gasteiger partial charge in [0, 0.05) is 5.39 Å². The molecule has 1 aromatic heterocycles. The number of halogens is 1. The van der Waals surface area contributed by atoms with Gasteiger partial charge in [0.25, 0.3) is 0 Å². The van der Waals surface area contributed by atoms with Crippen LogP contribution in [-0.2, 0) is 0 Å². The largest absolute Gasteiger partial charge is 0.459 e. The molecule has 3 heteroatoms. The lowest BCUT2D eigenvalue weighted by Gasteiger charge is -2.29. The molecule has 0 spiro atoms. The zero-order chi connectivity index (χ0) is 14.7. The van der Waals surface area contributed by atoms with Crippen LogP contribution >= 0.6 is 0 Å². The van der Waals surface area contributed by atoms with E-state index in [0.29, 0.717) is 5.92 Å². The molecule has 1 heterocycles. The fourth-order valence-electron chi connectivity index (χ4n) is 3.45. The summed E-state index contributed by atoms with van der Waals surface area (Å²) in [7, 11) is 0. The third-order valence-corrected chi connectivity index (χ3v) is 4.54. The molecule has 1 N–H and O–H groups in total. The standard InChI is InChI=1S/C18H24FNO/c1-2-10-20-18(13-6-4-3-5-7-13)17-12-14-11-15(19)8-9-16(14)21-17/h8-9,11-13,18,20H,2-7,10H2,1H3. The van der Waals surface area contributed by atoms with Gasteiger partial charge in [0.05, 0.1) is 6.04 Å². The van der Waals surface area contributed by atoms with Crippen LogP contribution in [0.1, 0.15) is 57.3 Å². The molecule has 1 aliphatic rings. The zero-order valence-corrected chi connectivity index (χ0v) is 12.7. The highest BCUT2D eigenvalue weighted by molar-refractivity contribution is 5.78. The van der Waals surface area contributed by atoms with E-state index in [2.05, 4.69) is 12.2 Å². The number of furan rings is 1. The van der Waals surface area contributed by atoms with Crippen LogP contribution in [0, 0.1) is 11.7 Å². The average Bonchev–Trinajstić information content (AvgIpc) is 2.91. The van der Waals surface area contributed by atoms with Crippen LogP contribution in [0.2, 0.25) is 0 Å². The summed E-state index contributed by atoms with van der Waals surface area (Å²) < 4.78 is 19.4. The van der Waals surface area contributed by atoms with Crippen molar-refractivity contribution in [3.63, 3.8) is 0 Å². The maximum absolute atomic E-state index is 13.3. The molecule has 2 aromatic rings. The second-order valence-corrected chi connectivity index (χ2v) is 6.16. The molecule has 1 aliphatic carbocycles. The minimum absolute atomic E-state index is 0.203. The van der Waals surface area contributed by atoms with Crippen LogP contribution in [0.25, 0.3) is 11.0 Å². The topological polar surface area (TPSA) is 25.2 Å². The Morgan fingerprint density at radius 3 is 2.81 bits per heavy atom. The van der Waals surface area contributed by atoms with Gasteiger partial charge in [0.1, 0.15) is 17.2 Å². The van der Waals surface area contributed by atoms with Gasteiger partial charge in [-0.15, -0.1) is 0 Å². The van der Waals surface area contributed by atoms with Gasteiger partial charge < -0.3 is 9.73 Å². The van der Waals surface area contributed by atoms with Crippen molar-refractivity contribution >= 4 is 11.0 Å². The van der Waals surface area contributed by atoms with Crippen LogP contribution in [-0.4, -0.2) is 6.54 Å². The lowest BCUT2D eigenvalue weighted by atomic mass is 9.83. The molecule has 1 aromatic carbocycles. The van der Waals surface area contributed by atoms with Crippen molar-refractivity contribution in [1.29, 1.82) is 0 Å². The second-order valence-electron chi connectivity index (χ2n) is 6.16. The molecular weight excluding hydrogens is 265 g/mol. The summed E-state index contributed by atoms with van der Waals surface area (Å²) in [5, 5.41) is 4.51. The molecule has 1 saturated carbocycles. The van der Waals surface area contributed by atoms with Gasteiger partial charge in [-0.25, -0.2) is 4.39 Å². The zero-order valence-electron chi connectivity index (χ0n) is 12.7. The van der Waals surface area contributed by atoms with Crippen molar-refractivity contribution in [2.45, 2.75) is 51.5 Å². The minimum atomic E-state index is -0.203. The highest BCUT2D eigenvalue weighted by Gasteiger charge is 2.27. The number of nitrogens with one attached hydrogen (secondary N) is 1. The molecule has 21 heavy (non-hydrogen) atoms. The Balaban J connectivity index is 1.88. The number of rotatable bonds is 5. The first-order valence-corrected chi connectivity index (χ1v) is 8.20. The third-order valence-electron chi connectivity index (χ3n) is 4.54. The fraction of sp³-hybridized carbons (Fsp3) is 0.556. The van der Waals surface area contributed by atoms with Gasteiger partial charge in [0.2, 0.25) is 0 Å². The SMILES string of the molecule is CCCNC(c1cc2cc(F)ccc2o1)C1CCCCC1. The molecule has 2 nitrogen and oxygen atoms in total. The Bertz CT molecular complexity index is 586. The van der Waals surface area contributed by atoms with E-state index in [4.69, 9.17) is 4.42 Å². The number of benzene rings is 1. The molecule has 114 valence electrons. The van der Waals surface area contributed by atoms with Crippen molar-refractivity contribution in [2.75, 3.05) is 6.54 Å². The Labute approximate surface area is 125 Å². The predicted molar refractivity (Wildman–Crippen MR) is 83.8 cm³/mol. The van der Waals surface area contributed by atoms with E-state index in [-0.39, 0.29) is 11.9 Å². The van der Waals surface area contributed by atoms with E-state index in [1.807, 2.05) is 6.07 Å². The van der Waals surface area contributed by atoms with Crippen molar-refractivity contribution in [2.24, 2.45) is 5.92 Å². The van der Waals surface area contributed by atoms with Gasteiger partial charge in [-0.3, -0.25) is 0 Å². The highest BCUT2D eigenvalue weighted by Crippen LogP contribution is 2.36. The van der Waals surface area contributed by atoms with Crippen LogP contribution < -0.4 is 5.32 Å². The number of hydrogen-bond donors (Lipinski definition) is 1. The Morgan fingerprint density at radius 2 is 2.05 bits per heavy atom. The molecule has 1 unspecified atom stereocenters. The summed E-state index contributed by atoms with van der Waals surface area (Å²) in [5.74, 6) is 1.40. The normalized spacial score (nSPS) is 18.2. The maximum atomic E-state index is 13.3. The van der Waals surface area contributed by atoms with Crippen LogP contribution in [0.5, 0.6) is 0 Å². The number of fused-ring (bicyclic) bond motifs is 1. The molecule has 0 aliphatic heterocycles. The van der Waals surface area contributed by atoms with E-state index in [1.165, 1.54) is 38.2 Å². The van der Waals surface area contributed by atoms with Gasteiger partial charge >= 0.3 is 0 Å². The van der Waals surface area contributed by atoms with E-state index in [0.717, 1.165) is 29.7 Å². The summed E-state index contributed by atoms with van der Waals surface area (Å²) >= 11 is 0. The lowest BCUT2D eigenvalue weighted by Crippen LogP contribution is -2.30. The Morgan fingerprint density at radius 1 is 1.24 bits per heavy atom. The van der Waals surface area contributed by atoms with Crippen molar-refractivity contribution < 1.29 is 8.81 Å². The van der Waals surface area contributed by atoms with Gasteiger partial charge in [-0.05, 0) is 56.0 Å². The summed E-state index contributed by atoms with van der Waals surface area (Å²) in [4.78, 5) is 0. The first kappa shape index (κ1) is 14.6. The molecule has 0 bridgehead atoms. The van der Waals surface area contributed by atoms with Crippen LogP contribution in [0.4, 0.5) is 4.39 Å². The van der Waals surface area contributed by atoms with Crippen LogP contribution in [0.3, 0.4) is 0 Å². The van der Waals surface area contributed by atoms with Crippen molar-refractivity contribution in [3.05, 3.63) is 35.8 Å². The van der Waals surface area contributed by atoms with E-state index in [1.54, 1.807) is 12.1 Å². The van der Waals surface area contributed by atoms with Crippen molar-refractivity contribution in [1.82, 2.24) is 5.32 Å². The molecule has 1 fully saturated rings. The average molecular weight is 289 g/mol. The van der Waals surface area contributed by atoms with E-state index < -0.39 is 0 Å². The Hall–Kier alpha value is -1.35. The van der Waals surface area contributed by atoms with Gasteiger partial charge in [-0.2, -0.15) is 0 Å². The fourth-order valence-corrected chi connectivity index (χ4v) is 3.45. The van der Waals surface area contributed by atoms with Crippen molar-refractivity contribution in [3.8, 4) is 0 Å².